The van der Waals surface area contributed by atoms with E-state index in [4.69, 9.17) is 4.74 Å². The van der Waals surface area contributed by atoms with Gasteiger partial charge < -0.3 is 10.1 Å². The van der Waals surface area contributed by atoms with E-state index in [1.807, 2.05) is 18.2 Å². The Balaban J connectivity index is 1.67. The minimum atomic E-state index is 0.0922. The Morgan fingerprint density at radius 2 is 2.30 bits per heavy atom. The van der Waals surface area contributed by atoms with Crippen LogP contribution in [0.25, 0.3) is 0 Å². The lowest BCUT2D eigenvalue weighted by Gasteiger charge is -2.33. The molecule has 0 bridgehead atoms. The maximum absolute atomic E-state index is 12.0. The molecule has 23 heavy (non-hydrogen) atoms. The molecule has 0 spiro atoms. The number of hydrogen-bond acceptors (Lipinski definition) is 3. The van der Waals surface area contributed by atoms with Gasteiger partial charge in [0.2, 0.25) is 5.91 Å². The Bertz CT molecular complexity index is 508. The number of carbonyl (C=O) groups is 1. The lowest BCUT2D eigenvalue weighted by Crippen LogP contribution is -2.48. The van der Waals surface area contributed by atoms with E-state index in [0.717, 1.165) is 37.1 Å². The van der Waals surface area contributed by atoms with E-state index < -0.39 is 0 Å². The molecule has 1 aliphatic rings. The molecule has 2 rings (SSSR count). The average molecular weight is 383 g/mol. The molecule has 0 radical (unpaired) electrons. The van der Waals surface area contributed by atoms with Crippen LogP contribution in [0.3, 0.4) is 0 Å². The van der Waals surface area contributed by atoms with Crippen LogP contribution in [-0.2, 0) is 16.0 Å². The molecule has 1 aliphatic heterocycles. The highest BCUT2D eigenvalue weighted by Crippen LogP contribution is 2.13. The summed E-state index contributed by atoms with van der Waals surface area (Å²) in [6.45, 7) is 8.81. The minimum Gasteiger partial charge on any atom is -0.374 e. The number of aryl methyl sites for hydroxylation is 1. The Kier molecular flexibility index (Phi) is 7.53. The van der Waals surface area contributed by atoms with Gasteiger partial charge in [-0.25, -0.2) is 0 Å². The van der Waals surface area contributed by atoms with Crippen LogP contribution in [0.5, 0.6) is 0 Å². The van der Waals surface area contributed by atoms with Crippen LogP contribution in [0.15, 0.2) is 28.7 Å². The van der Waals surface area contributed by atoms with Crippen molar-refractivity contribution in [2.75, 3.05) is 32.8 Å². The number of morpholine rings is 1. The highest BCUT2D eigenvalue weighted by Gasteiger charge is 2.21. The van der Waals surface area contributed by atoms with Gasteiger partial charge in [0, 0.05) is 37.1 Å². The number of ether oxygens (including phenoxy) is 1. The number of hydrogen-bond donors (Lipinski definition) is 1. The van der Waals surface area contributed by atoms with Crippen LogP contribution in [0.1, 0.15) is 25.8 Å². The second kappa shape index (κ2) is 9.40. The minimum absolute atomic E-state index is 0.0922. The van der Waals surface area contributed by atoms with E-state index in [9.17, 15) is 4.79 Å². The van der Waals surface area contributed by atoms with E-state index in [1.165, 1.54) is 5.56 Å². The first-order valence-electron chi connectivity index (χ1n) is 8.38. The number of nitrogens with zero attached hydrogens (tertiary/aromatic N) is 1. The van der Waals surface area contributed by atoms with Crippen LogP contribution in [0, 0.1) is 5.92 Å². The van der Waals surface area contributed by atoms with Crippen molar-refractivity contribution < 1.29 is 9.53 Å². The summed E-state index contributed by atoms with van der Waals surface area (Å²) < 4.78 is 6.81. The highest BCUT2D eigenvalue weighted by atomic mass is 79.9. The maximum atomic E-state index is 12.0. The molecule has 5 heteroatoms. The van der Waals surface area contributed by atoms with Crippen molar-refractivity contribution in [3.05, 3.63) is 34.3 Å². The van der Waals surface area contributed by atoms with Crippen molar-refractivity contribution in [2.24, 2.45) is 5.92 Å². The summed E-state index contributed by atoms with van der Waals surface area (Å²) in [4.78, 5) is 14.4. The smallest absolute Gasteiger partial charge is 0.220 e. The summed E-state index contributed by atoms with van der Waals surface area (Å²) in [5.74, 6) is 0.753. The Morgan fingerprint density at radius 1 is 1.48 bits per heavy atom. The topological polar surface area (TPSA) is 41.6 Å². The van der Waals surface area contributed by atoms with Crippen molar-refractivity contribution >= 4 is 21.8 Å². The van der Waals surface area contributed by atoms with Crippen molar-refractivity contribution in [1.82, 2.24) is 10.2 Å². The number of amides is 1. The third-order valence-corrected chi connectivity index (χ3v) is 4.40. The normalized spacial score (nSPS) is 19.0. The van der Waals surface area contributed by atoms with Gasteiger partial charge in [0.25, 0.3) is 0 Å². The van der Waals surface area contributed by atoms with Gasteiger partial charge in [-0.15, -0.1) is 0 Å². The molecular weight excluding hydrogens is 356 g/mol. The molecule has 1 fully saturated rings. The van der Waals surface area contributed by atoms with E-state index in [-0.39, 0.29) is 12.0 Å². The molecule has 1 atom stereocenters. The van der Waals surface area contributed by atoms with Crippen LogP contribution < -0.4 is 5.32 Å². The van der Waals surface area contributed by atoms with Gasteiger partial charge in [-0.2, -0.15) is 0 Å². The third kappa shape index (κ3) is 7.02. The van der Waals surface area contributed by atoms with E-state index in [0.29, 0.717) is 18.9 Å². The van der Waals surface area contributed by atoms with Crippen LogP contribution >= 0.6 is 15.9 Å². The Labute approximate surface area is 147 Å². The molecule has 4 nitrogen and oxygen atoms in total. The number of nitrogens with one attached hydrogen (secondary N) is 1. The molecule has 1 unspecified atom stereocenters. The van der Waals surface area contributed by atoms with Crippen molar-refractivity contribution in [1.29, 1.82) is 0 Å². The summed E-state index contributed by atoms with van der Waals surface area (Å²) >= 11 is 3.45. The summed E-state index contributed by atoms with van der Waals surface area (Å²) in [5, 5.41) is 3.01. The summed E-state index contributed by atoms with van der Waals surface area (Å²) in [6.07, 6.45) is 1.38. The quantitative estimate of drug-likeness (QED) is 0.787. The van der Waals surface area contributed by atoms with Gasteiger partial charge in [0.05, 0.1) is 12.7 Å². The molecule has 0 aliphatic carbocycles. The monoisotopic (exact) mass is 382 g/mol. The molecule has 1 aromatic carbocycles. The van der Waals surface area contributed by atoms with E-state index in [2.05, 4.69) is 46.1 Å². The van der Waals surface area contributed by atoms with Gasteiger partial charge in [-0.3, -0.25) is 9.69 Å². The Hall–Kier alpha value is -0.910. The SMILES string of the molecule is CC(C)CN1CCOC(CNC(=O)CCc2cccc(Br)c2)C1. The summed E-state index contributed by atoms with van der Waals surface area (Å²) in [6, 6.07) is 8.09. The van der Waals surface area contributed by atoms with Gasteiger partial charge >= 0.3 is 0 Å². The lowest BCUT2D eigenvalue weighted by atomic mass is 10.1. The number of carbonyl (C=O) groups excluding carboxylic acids is 1. The number of benzene rings is 1. The first kappa shape index (κ1) is 18.4. The predicted octanol–water partition coefficient (Wildman–Crippen LogP) is 2.85. The standard InChI is InChI=1S/C18H27BrN2O2/c1-14(2)12-21-8-9-23-17(13-21)11-20-18(22)7-6-15-4-3-5-16(19)10-15/h3-5,10,14,17H,6-9,11-13H2,1-2H3,(H,20,22). The third-order valence-electron chi connectivity index (χ3n) is 3.90. The lowest BCUT2D eigenvalue weighted by molar-refractivity contribution is -0.122. The largest absolute Gasteiger partial charge is 0.374 e. The van der Waals surface area contributed by atoms with Gasteiger partial charge in [0.15, 0.2) is 0 Å². The average Bonchev–Trinajstić information content (AvgIpc) is 2.51. The van der Waals surface area contributed by atoms with Crippen molar-refractivity contribution in [3.8, 4) is 0 Å². The second-order valence-electron chi connectivity index (χ2n) is 6.58. The second-order valence-corrected chi connectivity index (χ2v) is 7.50. The summed E-state index contributed by atoms with van der Waals surface area (Å²) in [7, 11) is 0. The summed E-state index contributed by atoms with van der Waals surface area (Å²) in [5.41, 5.74) is 1.17. The first-order chi connectivity index (χ1) is 11.0. The van der Waals surface area contributed by atoms with Gasteiger partial charge in [-0.05, 0) is 30.0 Å². The van der Waals surface area contributed by atoms with Gasteiger partial charge in [0.1, 0.15) is 0 Å². The fraction of sp³-hybridized carbons (Fsp3) is 0.611. The molecule has 1 saturated heterocycles. The van der Waals surface area contributed by atoms with Crippen molar-refractivity contribution in [3.63, 3.8) is 0 Å². The molecule has 1 aromatic rings. The first-order valence-corrected chi connectivity index (χ1v) is 9.17. The number of rotatable bonds is 7. The molecule has 128 valence electrons. The highest BCUT2D eigenvalue weighted by molar-refractivity contribution is 9.10. The van der Waals surface area contributed by atoms with Crippen LogP contribution in [0.4, 0.5) is 0 Å². The molecule has 0 aromatic heterocycles. The fourth-order valence-electron chi connectivity index (χ4n) is 2.85. The molecule has 1 N–H and O–H groups in total. The van der Waals surface area contributed by atoms with E-state index in [1.54, 1.807) is 0 Å². The number of halogens is 1. The fourth-order valence-corrected chi connectivity index (χ4v) is 3.30. The predicted molar refractivity (Wildman–Crippen MR) is 96.5 cm³/mol. The van der Waals surface area contributed by atoms with Crippen LogP contribution in [-0.4, -0.2) is 49.7 Å². The molecule has 1 heterocycles. The van der Waals surface area contributed by atoms with E-state index >= 15 is 0 Å². The zero-order valence-corrected chi connectivity index (χ0v) is 15.6. The zero-order valence-electron chi connectivity index (χ0n) is 14.1. The maximum Gasteiger partial charge on any atom is 0.220 e. The van der Waals surface area contributed by atoms with Crippen molar-refractivity contribution in [2.45, 2.75) is 32.8 Å². The zero-order chi connectivity index (χ0) is 16.7. The Morgan fingerprint density at radius 3 is 3.04 bits per heavy atom. The van der Waals surface area contributed by atoms with Gasteiger partial charge in [-0.1, -0.05) is 41.9 Å². The van der Waals surface area contributed by atoms with Crippen LogP contribution in [0.2, 0.25) is 0 Å². The molecular formula is C18H27BrN2O2. The molecule has 0 saturated carbocycles. The molecule has 1 amide bonds.